The Morgan fingerprint density at radius 3 is 2.44 bits per heavy atom. The molecule has 6 nitrogen and oxygen atoms in total. The number of carbonyl (C=O) groups is 1. The Morgan fingerprint density at radius 2 is 1.78 bits per heavy atom. The monoisotopic (exact) mass is 362 g/mol. The van der Waals surface area contributed by atoms with Gasteiger partial charge in [-0.05, 0) is 42.7 Å². The molecule has 0 fully saturated rings. The SMILES string of the molecule is COc1ccc(Nc2cnc(C(=O)NCCCc3ccccc3)cn2)cc1. The fourth-order valence-electron chi connectivity index (χ4n) is 2.56. The first-order valence-corrected chi connectivity index (χ1v) is 8.80. The van der Waals surface area contributed by atoms with E-state index in [1.807, 2.05) is 42.5 Å². The molecule has 0 saturated heterocycles. The van der Waals surface area contributed by atoms with Crippen molar-refractivity contribution in [1.29, 1.82) is 0 Å². The normalized spacial score (nSPS) is 10.3. The molecule has 2 aromatic carbocycles. The largest absolute Gasteiger partial charge is 0.497 e. The lowest BCUT2D eigenvalue weighted by Crippen LogP contribution is -2.25. The van der Waals surface area contributed by atoms with Gasteiger partial charge >= 0.3 is 0 Å². The van der Waals surface area contributed by atoms with Crippen molar-refractivity contribution in [2.24, 2.45) is 0 Å². The summed E-state index contributed by atoms with van der Waals surface area (Å²) in [5, 5.41) is 6.01. The number of anilines is 2. The van der Waals surface area contributed by atoms with Gasteiger partial charge in [0, 0.05) is 12.2 Å². The first-order chi connectivity index (χ1) is 13.2. The van der Waals surface area contributed by atoms with Crippen molar-refractivity contribution < 1.29 is 9.53 Å². The second-order valence-corrected chi connectivity index (χ2v) is 5.99. The van der Waals surface area contributed by atoms with Crippen LogP contribution in [-0.4, -0.2) is 29.5 Å². The summed E-state index contributed by atoms with van der Waals surface area (Å²) in [4.78, 5) is 20.6. The third-order valence-corrected chi connectivity index (χ3v) is 4.02. The Kier molecular flexibility index (Phi) is 6.35. The van der Waals surface area contributed by atoms with Gasteiger partial charge in [-0.15, -0.1) is 0 Å². The molecule has 6 heteroatoms. The summed E-state index contributed by atoms with van der Waals surface area (Å²) in [6, 6.07) is 17.7. The highest BCUT2D eigenvalue weighted by Crippen LogP contribution is 2.18. The van der Waals surface area contributed by atoms with E-state index in [0.717, 1.165) is 24.3 Å². The predicted octanol–water partition coefficient (Wildman–Crippen LogP) is 3.59. The van der Waals surface area contributed by atoms with Crippen molar-refractivity contribution in [1.82, 2.24) is 15.3 Å². The number of amides is 1. The molecule has 3 rings (SSSR count). The smallest absolute Gasteiger partial charge is 0.271 e. The van der Waals surface area contributed by atoms with E-state index in [2.05, 4.69) is 32.7 Å². The summed E-state index contributed by atoms with van der Waals surface area (Å²) in [5.41, 5.74) is 2.43. The van der Waals surface area contributed by atoms with Crippen LogP contribution in [0.2, 0.25) is 0 Å². The highest BCUT2D eigenvalue weighted by atomic mass is 16.5. The molecular formula is C21H22N4O2. The molecule has 0 unspecified atom stereocenters. The van der Waals surface area contributed by atoms with Crippen LogP contribution in [0.3, 0.4) is 0 Å². The Hall–Kier alpha value is -3.41. The number of aromatic nitrogens is 2. The van der Waals surface area contributed by atoms with Gasteiger partial charge in [0.15, 0.2) is 0 Å². The minimum Gasteiger partial charge on any atom is -0.497 e. The van der Waals surface area contributed by atoms with Crippen LogP contribution in [0, 0.1) is 0 Å². The Balaban J connectivity index is 1.46. The first kappa shape index (κ1) is 18.4. The highest BCUT2D eigenvalue weighted by molar-refractivity contribution is 5.92. The maximum absolute atomic E-state index is 12.1. The molecule has 0 radical (unpaired) electrons. The van der Waals surface area contributed by atoms with Crippen LogP contribution in [0.15, 0.2) is 67.0 Å². The van der Waals surface area contributed by atoms with Crippen LogP contribution < -0.4 is 15.4 Å². The van der Waals surface area contributed by atoms with Gasteiger partial charge in [-0.25, -0.2) is 9.97 Å². The molecule has 1 amide bonds. The molecule has 0 aliphatic carbocycles. The number of ether oxygens (including phenoxy) is 1. The van der Waals surface area contributed by atoms with Gasteiger partial charge in [0.2, 0.25) is 0 Å². The molecule has 3 aromatic rings. The van der Waals surface area contributed by atoms with Gasteiger partial charge in [0.25, 0.3) is 5.91 Å². The lowest BCUT2D eigenvalue weighted by Gasteiger charge is -2.08. The van der Waals surface area contributed by atoms with E-state index in [0.29, 0.717) is 18.1 Å². The summed E-state index contributed by atoms with van der Waals surface area (Å²) < 4.78 is 5.13. The quantitative estimate of drug-likeness (QED) is 0.599. The zero-order valence-electron chi connectivity index (χ0n) is 15.2. The number of rotatable bonds is 8. The second-order valence-electron chi connectivity index (χ2n) is 5.99. The number of methoxy groups -OCH3 is 1. The van der Waals surface area contributed by atoms with Crippen LogP contribution in [0.4, 0.5) is 11.5 Å². The van der Waals surface area contributed by atoms with Crippen molar-refractivity contribution in [3.63, 3.8) is 0 Å². The van der Waals surface area contributed by atoms with E-state index in [9.17, 15) is 4.79 Å². The van der Waals surface area contributed by atoms with Gasteiger partial charge in [-0.1, -0.05) is 30.3 Å². The molecule has 0 bridgehead atoms. The first-order valence-electron chi connectivity index (χ1n) is 8.80. The Morgan fingerprint density at radius 1 is 1.00 bits per heavy atom. The molecule has 0 aliphatic heterocycles. The number of nitrogens with one attached hydrogen (secondary N) is 2. The number of hydrogen-bond acceptors (Lipinski definition) is 5. The minimum absolute atomic E-state index is 0.216. The molecule has 0 saturated carbocycles. The van der Waals surface area contributed by atoms with Crippen molar-refractivity contribution in [2.75, 3.05) is 19.0 Å². The summed E-state index contributed by atoms with van der Waals surface area (Å²) in [6.45, 7) is 0.598. The number of benzene rings is 2. The van der Waals surface area contributed by atoms with Crippen molar-refractivity contribution in [3.05, 3.63) is 78.2 Å². The van der Waals surface area contributed by atoms with Gasteiger partial charge < -0.3 is 15.4 Å². The Bertz CT molecular complexity index is 850. The third-order valence-electron chi connectivity index (χ3n) is 4.02. The molecule has 1 aromatic heterocycles. The van der Waals surface area contributed by atoms with Crippen molar-refractivity contribution >= 4 is 17.4 Å². The summed E-state index contributed by atoms with van der Waals surface area (Å²) in [6.07, 6.45) is 4.82. The lowest BCUT2D eigenvalue weighted by molar-refractivity contribution is 0.0948. The van der Waals surface area contributed by atoms with Crippen LogP contribution in [-0.2, 0) is 6.42 Å². The number of aryl methyl sites for hydroxylation is 1. The van der Waals surface area contributed by atoms with E-state index in [-0.39, 0.29) is 5.91 Å². The predicted molar refractivity (Wildman–Crippen MR) is 105 cm³/mol. The fraction of sp³-hybridized carbons (Fsp3) is 0.190. The zero-order chi connectivity index (χ0) is 18.9. The standard InChI is InChI=1S/C21H22N4O2/c1-27-18-11-9-17(10-12-18)25-20-15-23-19(14-24-20)21(26)22-13-5-8-16-6-3-2-4-7-16/h2-4,6-7,9-12,14-15H,5,8,13H2,1H3,(H,22,26)(H,24,25). The van der Waals surface area contributed by atoms with E-state index in [1.165, 1.54) is 11.8 Å². The number of nitrogens with zero attached hydrogens (tertiary/aromatic N) is 2. The van der Waals surface area contributed by atoms with Crippen molar-refractivity contribution in [2.45, 2.75) is 12.8 Å². The molecule has 2 N–H and O–H groups in total. The van der Waals surface area contributed by atoms with Crippen molar-refractivity contribution in [3.8, 4) is 5.75 Å². The summed E-state index contributed by atoms with van der Waals surface area (Å²) >= 11 is 0. The third kappa shape index (κ3) is 5.54. The van der Waals surface area contributed by atoms with Crippen LogP contribution in [0.1, 0.15) is 22.5 Å². The van der Waals surface area contributed by atoms with E-state index in [4.69, 9.17) is 4.74 Å². The summed E-state index contributed by atoms with van der Waals surface area (Å²) in [5.74, 6) is 1.14. The number of hydrogen-bond donors (Lipinski definition) is 2. The maximum Gasteiger partial charge on any atom is 0.271 e. The topological polar surface area (TPSA) is 76.1 Å². The van der Waals surface area contributed by atoms with E-state index < -0.39 is 0 Å². The average Bonchev–Trinajstić information content (AvgIpc) is 2.73. The van der Waals surface area contributed by atoms with E-state index in [1.54, 1.807) is 13.3 Å². The Labute approximate surface area is 158 Å². The molecule has 138 valence electrons. The van der Waals surface area contributed by atoms with E-state index >= 15 is 0 Å². The fourth-order valence-corrected chi connectivity index (χ4v) is 2.56. The molecule has 1 heterocycles. The van der Waals surface area contributed by atoms with Crippen LogP contribution in [0.5, 0.6) is 5.75 Å². The molecule has 0 atom stereocenters. The minimum atomic E-state index is -0.216. The van der Waals surface area contributed by atoms with Gasteiger partial charge in [0.1, 0.15) is 17.3 Å². The molecule has 27 heavy (non-hydrogen) atoms. The number of carbonyl (C=O) groups excluding carboxylic acids is 1. The van der Waals surface area contributed by atoms with Gasteiger partial charge in [-0.2, -0.15) is 0 Å². The van der Waals surface area contributed by atoms with Crippen LogP contribution in [0.25, 0.3) is 0 Å². The highest BCUT2D eigenvalue weighted by Gasteiger charge is 2.07. The zero-order valence-corrected chi connectivity index (χ0v) is 15.2. The lowest BCUT2D eigenvalue weighted by atomic mass is 10.1. The molecular weight excluding hydrogens is 340 g/mol. The second kappa shape index (κ2) is 9.33. The van der Waals surface area contributed by atoms with Crippen LogP contribution >= 0.6 is 0 Å². The van der Waals surface area contributed by atoms with Gasteiger partial charge in [-0.3, -0.25) is 4.79 Å². The molecule has 0 spiro atoms. The maximum atomic E-state index is 12.1. The van der Waals surface area contributed by atoms with Gasteiger partial charge in [0.05, 0.1) is 19.5 Å². The summed E-state index contributed by atoms with van der Waals surface area (Å²) in [7, 11) is 1.62. The average molecular weight is 362 g/mol. The molecule has 0 aliphatic rings.